The normalized spacial score (nSPS) is 14.3. The average Bonchev–Trinajstić information content (AvgIpc) is 0.954. The van der Waals surface area contributed by atoms with Gasteiger partial charge in [0.2, 0.25) is 0 Å². The number of rotatable bonds is 78. The number of esters is 4. The maximum atomic E-state index is 13.1. The molecule has 19 heteroatoms. The van der Waals surface area contributed by atoms with Crippen LogP contribution in [0.4, 0.5) is 0 Å². The first-order valence-electron chi connectivity index (χ1n) is 41.7. The summed E-state index contributed by atoms with van der Waals surface area (Å²) < 4.78 is 68.7. The van der Waals surface area contributed by atoms with Crippen molar-refractivity contribution in [3.63, 3.8) is 0 Å². The Labute approximate surface area is 613 Å². The van der Waals surface area contributed by atoms with Crippen molar-refractivity contribution in [2.45, 2.75) is 433 Å². The molecule has 0 heterocycles. The second-order valence-electron chi connectivity index (χ2n) is 30.8. The largest absolute Gasteiger partial charge is 0.472 e. The van der Waals surface area contributed by atoms with Crippen molar-refractivity contribution in [3.8, 4) is 0 Å². The van der Waals surface area contributed by atoms with E-state index < -0.39 is 97.5 Å². The minimum atomic E-state index is -4.96. The molecule has 594 valence electrons. The van der Waals surface area contributed by atoms with Crippen LogP contribution in [0.15, 0.2) is 0 Å². The lowest BCUT2D eigenvalue weighted by molar-refractivity contribution is -0.161. The van der Waals surface area contributed by atoms with Gasteiger partial charge in [0.15, 0.2) is 12.2 Å². The number of aliphatic hydroxyl groups is 1. The van der Waals surface area contributed by atoms with Gasteiger partial charge >= 0.3 is 39.5 Å². The van der Waals surface area contributed by atoms with Crippen LogP contribution in [0.5, 0.6) is 0 Å². The second-order valence-corrected chi connectivity index (χ2v) is 33.7. The van der Waals surface area contributed by atoms with Crippen LogP contribution in [-0.4, -0.2) is 96.7 Å². The Morgan fingerprint density at radius 2 is 0.480 bits per heavy atom. The maximum absolute atomic E-state index is 13.1. The molecule has 0 rings (SSSR count). The zero-order chi connectivity index (χ0) is 73.8. The number of phosphoric acid groups is 2. The lowest BCUT2D eigenvalue weighted by Crippen LogP contribution is -2.30. The summed E-state index contributed by atoms with van der Waals surface area (Å²) in [7, 11) is -9.92. The first-order chi connectivity index (χ1) is 48.1. The number of phosphoric ester groups is 2. The van der Waals surface area contributed by atoms with Gasteiger partial charge in [-0.3, -0.25) is 37.3 Å². The summed E-state index contributed by atoms with van der Waals surface area (Å²) in [5, 5.41) is 10.6. The van der Waals surface area contributed by atoms with Crippen LogP contribution < -0.4 is 0 Å². The van der Waals surface area contributed by atoms with E-state index in [-0.39, 0.29) is 25.7 Å². The summed E-state index contributed by atoms with van der Waals surface area (Å²) in [6.07, 6.45) is 57.1. The summed E-state index contributed by atoms with van der Waals surface area (Å²) in [4.78, 5) is 73.0. The zero-order valence-electron chi connectivity index (χ0n) is 65.8. The quantitative estimate of drug-likeness (QED) is 0.0222. The molecule has 6 atom stereocenters. The lowest BCUT2D eigenvalue weighted by atomic mass is 9.99. The van der Waals surface area contributed by atoms with Crippen LogP contribution in [0.2, 0.25) is 0 Å². The molecule has 0 fully saturated rings. The molecular weight excluding hydrogens is 1310 g/mol. The van der Waals surface area contributed by atoms with E-state index in [0.717, 1.165) is 114 Å². The SMILES string of the molecule is CCC(C)CCCCCCCCCCCCCCCCCCCCC(=O)O[C@H](COC(=O)CCCCCCCCCCCCCC(C)C)COP(=O)(O)OC[C@@H](O)COP(=O)(O)OC[C@@H](COC(=O)CCCCCCCCC(C)C)OC(=O)CCCCCCCCCCCCCCC(C)C. The Kier molecular flexibility index (Phi) is 68.7. The van der Waals surface area contributed by atoms with E-state index >= 15 is 0 Å². The first-order valence-corrected chi connectivity index (χ1v) is 44.7. The van der Waals surface area contributed by atoms with E-state index in [2.05, 4.69) is 55.4 Å². The average molecular weight is 1470 g/mol. The van der Waals surface area contributed by atoms with E-state index in [1.54, 1.807) is 0 Å². The van der Waals surface area contributed by atoms with E-state index in [4.69, 9.17) is 37.0 Å². The smallest absolute Gasteiger partial charge is 0.462 e. The van der Waals surface area contributed by atoms with E-state index in [9.17, 15) is 43.2 Å². The highest BCUT2D eigenvalue weighted by Crippen LogP contribution is 2.45. The van der Waals surface area contributed by atoms with Gasteiger partial charge in [0.05, 0.1) is 26.4 Å². The standard InChI is InChI=1S/C81H158O17P2/c1-9-74(8)60-52-44-35-29-23-16-14-12-10-11-13-15-17-24-31-37-47-55-63-80(85)97-76(67-91-78(83)61-53-45-36-30-26-20-22-28-34-42-50-58-72(4)5)69-95-99(87,88)93-65-75(82)66-94-100(89,90)96-70-77(68-92-79(84)62-54-46-40-39-43-51-59-73(6)7)98-81(86)64-56-48-38-32-25-19-18-21-27-33-41-49-57-71(2)3/h71-77,82H,9-70H2,1-8H3,(H,87,88)(H,89,90)/t74?,75-,76-,77-/m1/s1. The van der Waals surface area contributed by atoms with Crippen LogP contribution in [-0.2, 0) is 65.4 Å². The van der Waals surface area contributed by atoms with Crippen LogP contribution in [0.25, 0.3) is 0 Å². The highest BCUT2D eigenvalue weighted by molar-refractivity contribution is 7.47. The van der Waals surface area contributed by atoms with Gasteiger partial charge in [-0.2, -0.15) is 0 Å². The summed E-state index contributed by atoms with van der Waals surface area (Å²) >= 11 is 0. The maximum Gasteiger partial charge on any atom is 0.472 e. The van der Waals surface area contributed by atoms with E-state index in [1.165, 1.54) is 212 Å². The molecule has 100 heavy (non-hydrogen) atoms. The monoisotopic (exact) mass is 1470 g/mol. The van der Waals surface area contributed by atoms with Crippen LogP contribution in [0.1, 0.15) is 415 Å². The van der Waals surface area contributed by atoms with Crippen molar-refractivity contribution >= 4 is 39.5 Å². The van der Waals surface area contributed by atoms with Crippen molar-refractivity contribution in [2.75, 3.05) is 39.6 Å². The molecule has 3 N–H and O–H groups in total. The number of aliphatic hydroxyl groups excluding tert-OH is 1. The van der Waals surface area contributed by atoms with Crippen molar-refractivity contribution in [1.29, 1.82) is 0 Å². The second kappa shape index (κ2) is 70.1. The molecule has 0 saturated heterocycles. The van der Waals surface area contributed by atoms with Gasteiger partial charge < -0.3 is 33.8 Å². The van der Waals surface area contributed by atoms with Gasteiger partial charge in [0.25, 0.3) is 0 Å². The third kappa shape index (κ3) is 73.0. The highest BCUT2D eigenvalue weighted by Gasteiger charge is 2.30. The van der Waals surface area contributed by atoms with Crippen molar-refractivity contribution in [3.05, 3.63) is 0 Å². The fraction of sp³-hybridized carbons (Fsp3) is 0.951. The fourth-order valence-electron chi connectivity index (χ4n) is 12.4. The van der Waals surface area contributed by atoms with E-state index in [1.807, 2.05) is 0 Å². The van der Waals surface area contributed by atoms with Gasteiger partial charge in [0.1, 0.15) is 19.3 Å². The molecule has 0 spiro atoms. The number of carbonyl (C=O) groups is 4. The molecule has 0 aliphatic heterocycles. The molecule has 3 unspecified atom stereocenters. The number of hydrogen-bond donors (Lipinski definition) is 3. The Bertz CT molecular complexity index is 1960. The predicted molar refractivity (Wildman–Crippen MR) is 409 cm³/mol. The molecule has 0 bridgehead atoms. The topological polar surface area (TPSA) is 237 Å². The molecular formula is C81H158O17P2. The number of carbonyl (C=O) groups excluding carboxylic acids is 4. The molecule has 0 aliphatic rings. The summed E-state index contributed by atoms with van der Waals surface area (Å²) in [6, 6.07) is 0. The first kappa shape index (κ1) is 98.1. The Morgan fingerprint density at radius 1 is 0.280 bits per heavy atom. The van der Waals surface area contributed by atoms with Crippen molar-refractivity contribution in [1.82, 2.24) is 0 Å². The predicted octanol–water partition coefficient (Wildman–Crippen LogP) is 24.0. The van der Waals surface area contributed by atoms with Crippen LogP contribution in [0.3, 0.4) is 0 Å². The molecule has 0 amide bonds. The minimum Gasteiger partial charge on any atom is -0.462 e. The number of hydrogen-bond acceptors (Lipinski definition) is 15. The molecule has 0 aromatic heterocycles. The molecule has 17 nitrogen and oxygen atoms in total. The Balaban J connectivity index is 5.20. The summed E-state index contributed by atoms with van der Waals surface area (Å²) in [5.74, 6) is 0.982. The van der Waals surface area contributed by atoms with Gasteiger partial charge in [0, 0.05) is 25.7 Å². The Hall–Kier alpha value is -1.94. The third-order valence-electron chi connectivity index (χ3n) is 19.2. The van der Waals surface area contributed by atoms with Crippen molar-refractivity contribution in [2.24, 2.45) is 23.7 Å². The minimum absolute atomic E-state index is 0.106. The lowest BCUT2D eigenvalue weighted by Gasteiger charge is -2.21. The van der Waals surface area contributed by atoms with Gasteiger partial charge in [-0.15, -0.1) is 0 Å². The fourth-order valence-corrected chi connectivity index (χ4v) is 14.0. The molecule has 0 aromatic carbocycles. The third-order valence-corrected chi connectivity index (χ3v) is 21.1. The molecule has 0 radical (unpaired) electrons. The molecule has 0 aromatic rings. The van der Waals surface area contributed by atoms with Gasteiger partial charge in [-0.1, -0.05) is 364 Å². The molecule has 0 saturated carbocycles. The highest BCUT2D eigenvalue weighted by atomic mass is 31.2. The molecule has 0 aliphatic carbocycles. The van der Waals surface area contributed by atoms with Gasteiger partial charge in [-0.05, 0) is 49.4 Å². The summed E-state index contributed by atoms with van der Waals surface area (Å²) in [6.45, 7) is 14.2. The number of ether oxygens (including phenoxy) is 4. The van der Waals surface area contributed by atoms with E-state index in [0.29, 0.717) is 31.6 Å². The summed E-state index contributed by atoms with van der Waals surface area (Å²) in [5.41, 5.74) is 0. The van der Waals surface area contributed by atoms with Crippen LogP contribution in [0, 0.1) is 23.7 Å². The number of unbranched alkanes of at least 4 members (excludes halogenated alkanes) is 43. The van der Waals surface area contributed by atoms with Gasteiger partial charge in [-0.25, -0.2) is 9.13 Å². The Morgan fingerprint density at radius 3 is 0.710 bits per heavy atom. The zero-order valence-corrected chi connectivity index (χ0v) is 67.6. The van der Waals surface area contributed by atoms with Crippen LogP contribution >= 0.6 is 15.6 Å². The van der Waals surface area contributed by atoms with Crippen molar-refractivity contribution < 1.29 is 80.2 Å².